The molecule has 2 rings (SSSR count). The van der Waals surface area contributed by atoms with E-state index >= 15 is 0 Å². The predicted octanol–water partition coefficient (Wildman–Crippen LogP) is 2.53. The van der Waals surface area contributed by atoms with Crippen molar-refractivity contribution in [2.75, 3.05) is 27.2 Å². The molecule has 0 aromatic heterocycles. The molecule has 0 saturated carbocycles. The van der Waals surface area contributed by atoms with Crippen LogP contribution in [0.15, 0.2) is 18.2 Å². The Morgan fingerprint density at radius 3 is 2.92 bits per heavy atom. The van der Waals surface area contributed by atoms with E-state index in [0.717, 1.165) is 18.7 Å². The van der Waals surface area contributed by atoms with Gasteiger partial charge in [-0.25, -0.2) is 4.39 Å². The van der Waals surface area contributed by atoms with E-state index in [2.05, 4.69) is 17.6 Å². The van der Waals surface area contributed by atoms with Crippen molar-refractivity contribution in [3.63, 3.8) is 0 Å². The Hall–Kier alpha value is -1.46. The van der Waals surface area contributed by atoms with Gasteiger partial charge in [0.25, 0.3) is 0 Å². The molecule has 1 aromatic rings. The molecule has 134 valence electrons. The third kappa shape index (κ3) is 5.87. The van der Waals surface area contributed by atoms with Crippen LogP contribution in [0.25, 0.3) is 0 Å². The third-order valence-corrected chi connectivity index (χ3v) is 4.73. The molecule has 0 radical (unpaired) electrons. The van der Waals surface area contributed by atoms with Crippen molar-refractivity contribution in [1.82, 2.24) is 15.5 Å². The normalized spacial score (nSPS) is 19.3. The quantitative estimate of drug-likeness (QED) is 0.805. The molecule has 1 aliphatic rings. The number of amides is 1. The highest BCUT2D eigenvalue weighted by atomic mass is 19.1. The maximum absolute atomic E-state index is 13.8. The van der Waals surface area contributed by atoms with E-state index in [4.69, 9.17) is 0 Å². The summed E-state index contributed by atoms with van der Waals surface area (Å²) in [5, 5.41) is 6.38. The minimum absolute atomic E-state index is 0.0755. The number of halogens is 1. The van der Waals surface area contributed by atoms with Gasteiger partial charge in [-0.2, -0.15) is 0 Å². The molecule has 1 aromatic carbocycles. The summed E-state index contributed by atoms with van der Waals surface area (Å²) >= 11 is 0. The molecule has 5 heteroatoms. The summed E-state index contributed by atoms with van der Waals surface area (Å²) < 4.78 is 13.8. The van der Waals surface area contributed by atoms with Crippen molar-refractivity contribution >= 4 is 5.91 Å². The summed E-state index contributed by atoms with van der Waals surface area (Å²) in [4.78, 5) is 14.1. The van der Waals surface area contributed by atoms with E-state index in [1.165, 1.54) is 18.9 Å². The van der Waals surface area contributed by atoms with Gasteiger partial charge in [-0.15, -0.1) is 0 Å². The smallest absolute Gasteiger partial charge is 0.220 e. The largest absolute Gasteiger partial charge is 0.352 e. The number of hydrogen-bond donors (Lipinski definition) is 2. The number of hydrogen-bond acceptors (Lipinski definition) is 3. The zero-order valence-corrected chi connectivity index (χ0v) is 15.1. The predicted molar refractivity (Wildman–Crippen MR) is 95.0 cm³/mol. The molecular weight excluding hydrogens is 305 g/mol. The Labute approximate surface area is 144 Å². The molecule has 1 fully saturated rings. The summed E-state index contributed by atoms with van der Waals surface area (Å²) in [5.74, 6) is 0.848. The zero-order chi connectivity index (χ0) is 17.5. The fourth-order valence-corrected chi connectivity index (χ4v) is 3.30. The molecular formula is C19H30FN3O. The van der Waals surface area contributed by atoms with Crippen LogP contribution in [0.5, 0.6) is 0 Å². The lowest BCUT2D eigenvalue weighted by molar-refractivity contribution is -0.122. The summed E-state index contributed by atoms with van der Waals surface area (Å²) in [5.41, 5.74) is 1.60. The van der Waals surface area contributed by atoms with E-state index in [1.807, 2.05) is 25.1 Å². The molecule has 1 aliphatic heterocycles. The van der Waals surface area contributed by atoms with E-state index in [9.17, 15) is 9.18 Å². The summed E-state index contributed by atoms with van der Waals surface area (Å²) in [7, 11) is 3.82. The third-order valence-electron chi connectivity index (χ3n) is 4.73. The maximum atomic E-state index is 13.8. The Morgan fingerprint density at radius 2 is 2.25 bits per heavy atom. The number of nitrogens with one attached hydrogen (secondary N) is 2. The summed E-state index contributed by atoms with van der Waals surface area (Å²) in [6.45, 7) is 5.27. The summed E-state index contributed by atoms with van der Waals surface area (Å²) in [6, 6.07) is 5.06. The van der Waals surface area contributed by atoms with E-state index in [-0.39, 0.29) is 11.7 Å². The molecule has 0 bridgehead atoms. The van der Waals surface area contributed by atoms with E-state index < -0.39 is 0 Å². The molecule has 0 spiro atoms. The Bertz CT molecular complexity index is 541. The summed E-state index contributed by atoms with van der Waals surface area (Å²) in [6.07, 6.45) is 2.95. The van der Waals surface area contributed by atoms with Gasteiger partial charge in [-0.05, 0) is 69.6 Å². The molecule has 2 atom stereocenters. The fraction of sp³-hybridized carbons (Fsp3) is 0.632. The average Bonchev–Trinajstić information content (AvgIpc) is 2.56. The van der Waals surface area contributed by atoms with Gasteiger partial charge in [0.15, 0.2) is 0 Å². The maximum Gasteiger partial charge on any atom is 0.220 e. The van der Waals surface area contributed by atoms with Gasteiger partial charge in [-0.1, -0.05) is 13.0 Å². The van der Waals surface area contributed by atoms with Crippen LogP contribution in [-0.4, -0.2) is 38.0 Å². The van der Waals surface area contributed by atoms with Gasteiger partial charge in [-0.3, -0.25) is 4.79 Å². The molecule has 4 nitrogen and oxygen atoms in total. The van der Waals surface area contributed by atoms with Crippen LogP contribution in [-0.2, 0) is 17.9 Å². The second kappa shape index (κ2) is 9.14. The number of carbonyl (C=O) groups is 1. The highest BCUT2D eigenvalue weighted by Gasteiger charge is 2.21. The van der Waals surface area contributed by atoms with Gasteiger partial charge in [0.1, 0.15) is 5.82 Å². The van der Waals surface area contributed by atoms with Crippen molar-refractivity contribution < 1.29 is 9.18 Å². The first-order valence-electron chi connectivity index (χ1n) is 8.85. The number of rotatable bonds is 7. The van der Waals surface area contributed by atoms with Crippen molar-refractivity contribution in [1.29, 1.82) is 0 Å². The molecule has 1 amide bonds. The van der Waals surface area contributed by atoms with Crippen LogP contribution in [0.1, 0.15) is 37.3 Å². The van der Waals surface area contributed by atoms with Crippen LogP contribution in [0.3, 0.4) is 0 Å². The first-order valence-corrected chi connectivity index (χ1v) is 8.85. The van der Waals surface area contributed by atoms with Crippen LogP contribution >= 0.6 is 0 Å². The monoisotopic (exact) mass is 335 g/mol. The highest BCUT2D eigenvalue weighted by Crippen LogP contribution is 2.22. The molecule has 2 N–H and O–H groups in total. The first-order chi connectivity index (χ1) is 11.5. The van der Waals surface area contributed by atoms with Crippen LogP contribution in [0.4, 0.5) is 4.39 Å². The van der Waals surface area contributed by atoms with Crippen LogP contribution in [0.2, 0.25) is 0 Å². The SMILES string of the molecule is CC(CC(=O)NCc1ccc(F)c(CN(C)C)c1)C1CCCNC1. The fourth-order valence-electron chi connectivity index (χ4n) is 3.30. The second-order valence-electron chi connectivity index (χ2n) is 7.23. The van der Waals surface area contributed by atoms with Gasteiger partial charge in [0, 0.05) is 25.1 Å². The number of nitrogens with zero attached hydrogens (tertiary/aromatic N) is 1. The van der Waals surface area contributed by atoms with Crippen LogP contribution in [0, 0.1) is 17.7 Å². The van der Waals surface area contributed by atoms with E-state index in [0.29, 0.717) is 36.9 Å². The molecule has 0 aliphatic carbocycles. The Balaban J connectivity index is 1.82. The van der Waals surface area contributed by atoms with Crippen molar-refractivity contribution in [2.24, 2.45) is 11.8 Å². The number of benzene rings is 1. The van der Waals surface area contributed by atoms with Gasteiger partial charge >= 0.3 is 0 Å². The van der Waals surface area contributed by atoms with Gasteiger partial charge in [0.05, 0.1) is 0 Å². The van der Waals surface area contributed by atoms with Crippen molar-refractivity contribution in [3.05, 3.63) is 35.1 Å². The van der Waals surface area contributed by atoms with Gasteiger partial charge < -0.3 is 15.5 Å². The topological polar surface area (TPSA) is 44.4 Å². The van der Waals surface area contributed by atoms with Crippen molar-refractivity contribution in [3.8, 4) is 0 Å². The molecule has 2 unspecified atom stereocenters. The highest BCUT2D eigenvalue weighted by molar-refractivity contribution is 5.76. The lowest BCUT2D eigenvalue weighted by Gasteiger charge is -2.28. The van der Waals surface area contributed by atoms with Crippen molar-refractivity contribution in [2.45, 2.75) is 39.3 Å². The molecule has 1 heterocycles. The average molecular weight is 335 g/mol. The number of piperidine rings is 1. The zero-order valence-electron chi connectivity index (χ0n) is 15.1. The van der Waals surface area contributed by atoms with Crippen LogP contribution < -0.4 is 10.6 Å². The molecule has 1 saturated heterocycles. The Kier molecular flexibility index (Phi) is 7.18. The van der Waals surface area contributed by atoms with Gasteiger partial charge in [0.2, 0.25) is 5.91 Å². The minimum Gasteiger partial charge on any atom is -0.352 e. The second-order valence-corrected chi connectivity index (χ2v) is 7.23. The first kappa shape index (κ1) is 18.9. The number of carbonyl (C=O) groups excluding carboxylic acids is 1. The minimum atomic E-state index is -0.197. The van der Waals surface area contributed by atoms with E-state index in [1.54, 1.807) is 6.07 Å². The molecule has 24 heavy (non-hydrogen) atoms. The lowest BCUT2D eigenvalue weighted by Crippen LogP contribution is -2.35. The Morgan fingerprint density at radius 1 is 1.46 bits per heavy atom. The standard InChI is InChI=1S/C19H30FN3O/c1-14(16-5-4-8-21-12-16)9-19(24)22-11-15-6-7-18(20)17(10-15)13-23(2)3/h6-7,10,14,16,21H,4-5,8-9,11-13H2,1-3H3,(H,22,24). The lowest BCUT2D eigenvalue weighted by atomic mass is 9.85.